The van der Waals surface area contributed by atoms with Crippen LogP contribution in [0.3, 0.4) is 0 Å². The zero-order valence-electron chi connectivity index (χ0n) is 16.1. The van der Waals surface area contributed by atoms with E-state index in [-0.39, 0.29) is 5.91 Å². The number of methoxy groups -OCH3 is 3. The Hall–Kier alpha value is -2.95. The van der Waals surface area contributed by atoms with Crippen molar-refractivity contribution >= 4 is 17.7 Å². The van der Waals surface area contributed by atoms with Crippen LogP contribution in [0.2, 0.25) is 0 Å². The standard InChI is InChI=1S/C21H25NO4/c1-13-9-14(2)21(15(3)10-13)22-20(23)8-7-16-11-18(25-5)19(26-6)12-17(16)24-4/h7-12H,1-6H3,(H,22,23). The summed E-state index contributed by atoms with van der Waals surface area (Å²) >= 11 is 0. The van der Waals surface area contributed by atoms with Crippen LogP contribution in [0, 0.1) is 20.8 Å². The number of carbonyl (C=O) groups is 1. The highest BCUT2D eigenvalue weighted by Crippen LogP contribution is 2.35. The molecule has 0 heterocycles. The number of rotatable bonds is 6. The number of amides is 1. The monoisotopic (exact) mass is 355 g/mol. The van der Waals surface area contributed by atoms with Crippen LogP contribution < -0.4 is 19.5 Å². The first kappa shape index (κ1) is 19.4. The van der Waals surface area contributed by atoms with Gasteiger partial charge in [0.1, 0.15) is 5.75 Å². The molecule has 26 heavy (non-hydrogen) atoms. The second kappa shape index (κ2) is 8.43. The van der Waals surface area contributed by atoms with Crippen molar-refractivity contribution in [1.29, 1.82) is 0 Å². The highest BCUT2D eigenvalue weighted by atomic mass is 16.5. The lowest BCUT2D eigenvalue weighted by atomic mass is 10.1. The number of carbonyl (C=O) groups excluding carboxylic acids is 1. The van der Waals surface area contributed by atoms with Gasteiger partial charge in [-0.1, -0.05) is 17.7 Å². The number of benzene rings is 2. The summed E-state index contributed by atoms with van der Waals surface area (Å²) < 4.78 is 15.9. The average molecular weight is 355 g/mol. The third kappa shape index (κ3) is 4.36. The molecule has 0 unspecified atom stereocenters. The number of nitrogens with one attached hydrogen (secondary N) is 1. The van der Waals surface area contributed by atoms with Crippen molar-refractivity contribution in [1.82, 2.24) is 0 Å². The molecule has 0 aliphatic heterocycles. The van der Waals surface area contributed by atoms with Crippen LogP contribution in [0.4, 0.5) is 5.69 Å². The van der Waals surface area contributed by atoms with Gasteiger partial charge in [0.05, 0.1) is 21.3 Å². The van der Waals surface area contributed by atoms with E-state index in [1.807, 2.05) is 32.9 Å². The van der Waals surface area contributed by atoms with Crippen LogP contribution in [0.5, 0.6) is 17.2 Å². The largest absolute Gasteiger partial charge is 0.496 e. The van der Waals surface area contributed by atoms with Crippen molar-refractivity contribution < 1.29 is 19.0 Å². The fourth-order valence-electron chi connectivity index (χ4n) is 2.89. The molecule has 0 aliphatic rings. The van der Waals surface area contributed by atoms with Crippen LogP contribution in [-0.4, -0.2) is 27.2 Å². The first-order valence-electron chi connectivity index (χ1n) is 8.26. The van der Waals surface area contributed by atoms with Crippen LogP contribution in [-0.2, 0) is 4.79 Å². The fourth-order valence-corrected chi connectivity index (χ4v) is 2.89. The Morgan fingerprint density at radius 3 is 1.92 bits per heavy atom. The smallest absolute Gasteiger partial charge is 0.248 e. The first-order valence-corrected chi connectivity index (χ1v) is 8.26. The quantitative estimate of drug-likeness (QED) is 0.786. The maximum atomic E-state index is 12.4. The molecular weight excluding hydrogens is 330 g/mol. The van der Waals surface area contributed by atoms with Crippen molar-refractivity contribution in [3.63, 3.8) is 0 Å². The van der Waals surface area contributed by atoms with Crippen molar-refractivity contribution in [3.8, 4) is 17.2 Å². The van der Waals surface area contributed by atoms with Gasteiger partial charge >= 0.3 is 0 Å². The lowest BCUT2D eigenvalue weighted by Gasteiger charge is -2.13. The number of anilines is 1. The Balaban J connectivity index is 2.25. The van der Waals surface area contributed by atoms with Gasteiger partial charge < -0.3 is 19.5 Å². The maximum Gasteiger partial charge on any atom is 0.248 e. The minimum Gasteiger partial charge on any atom is -0.496 e. The number of hydrogen-bond acceptors (Lipinski definition) is 4. The van der Waals surface area contributed by atoms with Gasteiger partial charge in [0, 0.05) is 23.4 Å². The summed E-state index contributed by atoms with van der Waals surface area (Å²) in [5, 5.41) is 2.94. The fraction of sp³-hybridized carbons (Fsp3) is 0.286. The van der Waals surface area contributed by atoms with Gasteiger partial charge in [0.25, 0.3) is 0 Å². The second-order valence-electron chi connectivity index (χ2n) is 6.05. The number of aryl methyl sites for hydroxylation is 3. The third-order valence-electron chi connectivity index (χ3n) is 4.08. The van der Waals surface area contributed by atoms with Crippen molar-refractivity contribution in [2.45, 2.75) is 20.8 Å². The van der Waals surface area contributed by atoms with Gasteiger partial charge in [-0.25, -0.2) is 0 Å². The minimum atomic E-state index is -0.211. The summed E-state index contributed by atoms with van der Waals surface area (Å²) in [5.74, 6) is 1.52. The van der Waals surface area contributed by atoms with Crippen LogP contribution in [0.15, 0.2) is 30.3 Å². The van der Waals surface area contributed by atoms with Crippen molar-refractivity contribution in [3.05, 3.63) is 52.6 Å². The molecule has 0 aliphatic carbocycles. The molecule has 1 N–H and O–H groups in total. The summed E-state index contributed by atoms with van der Waals surface area (Å²) in [7, 11) is 4.69. The molecule has 0 radical (unpaired) electrons. The van der Waals surface area contributed by atoms with E-state index in [1.165, 1.54) is 11.6 Å². The summed E-state index contributed by atoms with van der Waals surface area (Å²) in [6.45, 7) is 6.00. The molecule has 138 valence electrons. The minimum absolute atomic E-state index is 0.211. The summed E-state index contributed by atoms with van der Waals surface area (Å²) in [6, 6.07) is 7.59. The van der Waals surface area contributed by atoms with E-state index in [1.54, 1.807) is 39.5 Å². The molecular formula is C21H25NO4. The molecule has 0 atom stereocenters. The molecule has 2 rings (SSSR count). The van der Waals surface area contributed by atoms with E-state index < -0.39 is 0 Å². The van der Waals surface area contributed by atoms with Crippen molar-refractivity contribution in [2.75, 3.05) is 26.6 Å². The van der Waals surface area contributed by atoms with Gasteiger partial charge in [-0.3, -0.25) is 4.79 Å². The van der Waals surface area contributed by atoms with E-state index in [9.17, 15) is 4.79 Å². The second-order valence-corrected chi connectivity index (χ2v) is 6.05. The topological polar surface area (TPSA) is 56.8 Å². The molecule has 0 spiro atoms. The number of hydrogen-bond donors (Lipinski definition) is 1. The molecule has 0 bridgehead atoms. The zero-order chi connectivity index (χ0) is 19.3. The lowest BCUT2D eigenvalue weighted by molar-refractivity contribution is -0.111. The SMILES string of the molecule is COc1cc(OC)c(OC)cc1C=CC(=O)Nc1c(C)cc(C)cc1C. The highest BCUT2D eigenvalue weighted by Gasteiger charge is 2.11. The van der Waals surface area contributed by atoms with E-state index in [0.717, 1.165) is 22.4 Å². The van der Waals surface area contributed by atoms with Gasteiger partial charge in [0.2, 0.25) is 5.91 Å². The predicted octanol–water partition coefficient (Wildman–Crippen LogP) is 4.29. The molecule has 0 fully saturated rings. The van der Waals surface area contributed by atoms with Gasteiger partial charge in [-0.2, -0.15) is 0 Å². The molecule has 0 aromatic heterocycles. The average Bonchev–Trinajstić information content (AvgIpc) is 2.62. The molecule has 5 heteroatoms. The van der Waals surface area contributed by atoms with E-state index >= 15 is 0 Å². The predicted molar refractivity (Wildman–Crippen MR) is 104 cm³/mol. The summed E-state index contributed by atoms with van der Waals surface area (Å²) in [6.07, 6.45) is 3.16. The normalized spacial score (nSPS) is 10.7. The Labute approximate surface area is 154 Å². The molecule has 5 nitrogen and oxygen atoms in total. The van der Waals surface area contributed by atoms with E-state index in [2.05, 4.69) is 5.32 Å². The molecule has 1 amide bonds. The number of ether oxygens (including phenoxy) is 3. The zero-order valence-corrected chi connectivity index (χ0v) is 16.1. The highest BCUT2D eigenvalue weighted by molar-refractivity contribution is 6.03. The third-order valence-corrected chi connectivity index (χ3v) is 4.08. The maximum absolute atomic E-state index is 12.4. The van der Waals surface area contributed by atoms with Crippen LogP contribution in [0.1, 0.15) is 22.3 Å². The Morgan fingerprint density at radius 1 is 0.846 bits per heavy atom. The Kier molecular flexibility index (Phi) is 6.28. The Bertz CT molecular complexity index is 817. The molecule has 0 saturated heterocycles. The van der Waals surface area contributed by atoms with Gasteiger partial charge in [0.15, 0.2) is 11.5 Å². The van der Waals surface area contributed by atoms with Gasteiger partial charge in [-0.05, 0) is 44.0 Å². The molecule has 2 aromatic rings. The Morgan fingerprint density at radius 2 is 1.38 bits per heavy atom. The molecule has 2 aromatic carbocycles. The van der Waals surface area contributed by atoms with Crippen LogP contribution >= 0.6 is 0 Å². The van der Waals surface area contributed by atoms with Crippen LogP contribution in [0.25, 0.3) is 6.08 Å². The summed E-state index contributed by atoms with van der Waals surface area (Å²) in [4.78, 5) is 12.4. The lowest BCUT2D eigenvalue weighted by Crippen LogP contribution is -2.10. The van der Waals surface area contributed by atoms with Crippen molar-refractivity contribution in [2.24, 2.45) is 0 Å². The van der Waals surface area contributed by atoms with Gasteiger partial charge in [-0.15, -0.1) is 0 Å². The van der Waals surface area contributed by atoms with E-state index in [0.29, 0.717) is 17.2 Å². The first-order chi connectivity index (χ1) is 12.4. The van der Waals surface area contributed by atoms with E-state index in [4.69, 9.17) is 14.2 Å². The summed E-state index contributed by atoms with van der Waals surface area (Å²) in [5.41, 5.74) is 4.80. The molecule has 0 saturated carbocycles.